The van der Waals surface area contributed by atoms with E-state index >= 15 is 0 Å². The third-order valence-corrected chi connectivity index (χ3v) is 9.06. The summed E-state index contributed by atoms with van der Waals surface area (Å²) >= 11 is 3.90. The summed E-state index contributed by atoms with van der Waals surface area (Å²) in [5, 5.41) is 0. The van der Waals surface area contributed by atoms with Gasteiger partial charge in [-0.2, -0.15) is 0 Å². The zero-order valence-corrected chi connectivity index (χ0v) is 23.1. The molecule has 4 rings (SSSR count). The van der Waals surface area contributed by atoms with Crippen LogP contribution in [0, 0.1) is 0 Å². The van der Waals surface area contributed by atoms with Crippen LogP contribution in [0.15, 0.2) is 60.7 Å². The van der Waals surface area contributed by atoms with Crippen LogP contribution < -0.4 is 4.74 Å². The Balaban J connectivity index is 1.27. The van der Waals surface area contributed by atoms with Gasteiger partial charge < -0.3 is 4.74 Å². The van der Waals surface area contributed by atoms with Gasteiger partial charge in [0, 0.05) is 19.2 Å². The minimum atomic E-state index is 0.820. The van der Waals surface area contributed by atoms with Gasteiger partial charge in [-0.3, -0.25) is 0 Å². The molecular weight excluding hydrogens is 464 g/mol. The van der Waals surface area contributed by atoms with Crippen molar-refractivity contribution in [2.45, 2.75) is 84.5 Å². The molecule has 0 aliphatic carbocycles. The molecule has 186 valence electrons. The van der Waals surface area contributed by atoms with Gasteiger partial charge in [-0.05, 0) is 60.2 Å². The molecule has 0 N–H and O–H groups in total. The first-order chi connectivity index (χ1) is 17.3. The molecule has 0 spiro atoms. The number of unbranched alkanes of at least 4 members (excludes halogenated alkanes) is 8. The molecule has 0 aliphatic heterocycles. The van der Waals surface area contributed by atoms with Crippen molar-refractivity contribution in [1.29, 1.82) is 0 Å². The number of ether oxygens (including phenoxy) is 1. The highest BCUT2D eigenvalue weighted by molar-refractivity contribution is 7.29. The molecule has 0 fully saturated rings. The zero-order chi connectivity index (χ0) is 24.3. The highest BCUT2D eigenvalue weighted by Gasteiger charge is 2.09. The van der Waals surface area contributed by atoms with Crippen LogP contribution in [0.1, 0.15) is 82.9 Å². The van der Waals surface area contributed by atoms with E-state index in [1.807, 2.05) is 22.7 Å². The normalized spacial score (nSPS) is 11.4. The topological polar surface area (TPSA) is 9.23 Å². The van der Waals surface area contributed by atoms with Crippen molar-refractivity contribution in [3.63, 3.8) is 0 Å². The summed E-state index contributed by atoms with van der Waals surface area (Å²) in [5.74, 6) is 0.976. The Morgan fingerprint density at radius 3 is 1.83 bits per heavy atom. The highest BCUT2D eigenvalue weighted by atomic mass is 32.1. The maximum atomic E-state index is 5.96. The summed E-state index contributed by atoms with van der Waals surface area (Å²) in [4.78, 5) is 2.91. The molecule has 1 nitrogen and oxygen atoms in total. The van der Waals surface area contributed by atoms with E-state index in [0.29, 0.717) is 0 Å². The molecule has 0 amide bonds. The molecule has 0 aliphatic rings. The summed E-state index contributed by atoms with van der Waals surface area (Å²) in [5.41, 5.74) is 3.80. The Hall–Kier alpha value is -2.10. The quantitative estimate of drug-likeness (QED) is 0.146. The Bertz CT molecular complexity index is 1100. The lowest BCUT2D eigenvalue weighted by molar-refractivity contribution is 0.304. The first kappa shape index (κ1) is 26.0. The van der Waals surface area contributed by atoms with E-state index < -0.39 is 0 Å². The van der Waals surface area contributed by atoms with Crippen molar-refractivity contribution >= 4 is 32.1 Å². The van der Waals surface area contributed by atoms with Crippen molar-refractivity contribution in [3.05, 3.63) is 65.5 Å². The summed E-state index contributed by atoms with van der Waals surface area (Å²) in [6.45, 7) is 5.36. The second-order valence-corrected chi connectivity index (χ2v) is 11.8. The lowest BCUT2D eigenvalue weighted by atomic mass is 10.0. The first-order valence-corrected chi connectivity index (χ1v) is 15.3. The summed E-state index contributed by atoms with van der Waals surface area (Å²) in [6, 6.07) is 22.4. The van der Waals surface area contributed by atoms with Gasteiger partial charge in [0.25, 0.3) is 0 Å². The van der Waals surface area contributed by atoms with Gasteiger partial charge in [0.05, 0.1) is 6.61 Å². The summed E-state index contributed by atoms with van der Waals surface area (Å²) < 4.78 is 8.84. The maximum absolute atomic E-state index is 5.96. The van der Waals surface area contributed by atoms with E-state index in [9.17, 15) is 0 Å². The number of aryl methyl sites for hydroxylation is 1. The van der Waals surface area contributed by atoms with Crippen LogP contribution >= 0.6 is 22.7 Å². The molecular formula is C32H40OS2. The van der Waals surface area contributed by atoms with Crippen molar-refractivity contribution in [1.82, 2.24) is 0 Å². The number of fused-ring (bicyclic) bond motifs is 1. The Morgan fingerprint density at radius 2 is 1.14 bits per heavy atom. The maximum Gasteiger partial charge on any atom is 0.119 e. The van der Waals surface area contributed by atoms with Gasteiger partial charge in [0.1, 0.15) is 5.75 Å². The lowest BCUT2D eigenvalue weighted by Gasteiger charge is -2.08. The van der Waals surface area contributed by atoms with E-state index in [1.54, 1.807) is 0 Å². The zero-order valence-electron chi connectivity index (χ0n) is 21.5. The monoisotopic (exact) mass is 504 g/mol. The van der Waals surface area contributed by atoms with Crippen molar-refractivity contribution in [2.24, 2.45) is 0 Å². The number of benzene rings is 2. The van der Waals surface area contributed by atoms with Crippen LogP contribution in [0.2, 0.25) is 0 Å². The van der Waals surface area contributed by atoms with E-state index in [0.717, 1.165) is 18.8 Å². The molecule has 0 atom stereocenters. The molecule has 2 aromatic heterocycles. The second kappa shape index (κ2) is 13.8. The SMILES string of the molecule is CCCCCCCCCOc1ccc(-c2ccc(-c3cc4sc(CCCCC)cc4s3)cc2)cc1. The van der Waals surface area contributed by atoms with Crippen LogP contribution in [0.3, 0.4) is 0 Å². The molecule has 0 unspecified atom stereocenters. The standard InChI is InChI=1S/C32H40OS2/c1-3-5-7-8-9-10-12-22-33-28-20-18-26(19-21-28)25-14-16-27(17-15-25)30-24-32-31(35-30)23-29(34-32)13-11-6-4-2/h14-21,23-24H,3-13,22H2,1-2H3. The van der Waals surface area contributed by atoms with Crippen LogP contribution in [0.25, 0.3) is 31.0 Å². The average Bonchev–Trinajstić information content (AvgIpc) is 3.45. The van der Waals surface area contributed by atoms with Crippen molar-refractivity contribution in [2.75, 3.05) is 6.61 Å². The van der Waals surface area contributed by atoms with Crippen LogP contribution in [-0.4, -0.2) is 6.61 Å². The number of hydrogen-bond donors (Lipinski definition) is 0. The van der Waals surface area contributed by atoms with Gasteiger partial charge in [0.15, 0.2) is 0 Å². The number of rotatable bonds is 15. The van der Waals surface area contributed by atoms with E-state index in [-0.39, 0.29) is 0 Å². The largest absolute Gasteiger partial charge is 0.494 e. The van der Waals surface area contributed by atoms with Gasteiger partial charge in [0.2, 0.25) is 0 Å². The van der Waals surface area contributed by atoms with Gasteiger partial charge >= 0.3 is 0 Å². The van der Waals surface area contributed by atoms with Gasteiger partial charge in [-0.15, -0.1) is 22.7 Å². The van der Waals surface area contributed by atoms with E-state index in [1.165, 1.54) is 100 Å². The molecule has 4 aromatic rings. The molecule has 0 saturated carbocycles. The molecule has 2 heterocycles. The Labute approximate surface area is 220 Å². The highest BCUT2D eigenvalue weighted by Crippen LogP contribution is 2.39. The number of thiophene rings is 2. The fraction of sp³-hybridized carbons (Fsp3) is 0.438. The Morgan fingerprint density at radius 1 is 0.571 bits per heavy atom. The van der Waals surface area contributed by atoms with E-state index in [2.05, 4.69) is 74.5 Å². The molecule has 0 radical (unpaired) electrons. The lowest BCUT2D eigenvalue weighted by Crippen LogP contribution is -1.97. The van der Waals surface area contributed by atoms with Crippen molar-refractivity contribution < 1.29 is 4.74 Å². The van der Waals surface area contributed by atoms with Gasteiger partial charge in [-0.25, -0.2) is 0 Å². The third kappa shape index (κ3) is 7.69. The molecule has 2 aromatic carbocycles. The minimum absolute atomic E-state index is 0.820. The van der Waals surface area contributed by atoms with Gasteiger partial charge in [-0.1, -0.05) is 102 Å². The summed E-state index contributed by atoms with van der Waals surface area (Å²) in [7, 11) is 0. The Kier molecular flexibility index (Phi) is 10.3. The van der Waals surface area contributed by atoms with Crippen LogP contribution in [-0.2, 0) is 6.42 Å². The molecule has 35 heavy (non-hydrogen) atoms. The first-order valence-electron chi connectivity index (χ1n) is 13.6. The molecule has 0 saturated heterocycles. The molecule has 3 heteroatoms. The summed E-state index contributed by atoms with van der Waals surface area (Å²) in [6.07, 6.45) is 14.4. The predicted molar refractivity (Wildman–Crippen MR) is 157 cm³/mol. The fourth-order valence-electron chi connectivity index (χ4n) is 4.52. The predicted octanol–water partition coefficient (Wildman–Crippen LogP) is 11.2. The third-order valence-electron chi connectivity index (χ3n) is 6.66. The van der Waals surface area contributed by atoms with Crippen molar-refractivity contribution in [3.8, 4) is 27.3 Å². The smallest absolute Gasteiger partial charge is 0.119 e. The molecule has 0 bridgehead atoms. The average molecular weight is 505 g/mol. The number of hydrogen-bond acceptors (Lipinski definition) is 3. The second-order valence-electron chi connectivity index (χ2n) is 9.58. The van der Waals surface area contributed by atoms with E-state index in [4.69, 9.17) is 4.74 Å². The fourth-order valence-corrected chi connectivity index (χ4v) is 6.99. The van der Waals surface area contributed by atoms with Crippen LogP contribution in [0.4, 0.5) is 0 Å². The van der Waals surface area contributed by atoms with Crippen LogP contribution in [0.5, 0.6) is 5.75 Å². The minimum Gasteiger partial charge on any atom is -0.494 e.